The molecule has 0 fully saturated rings. The molecule has 5 heteroatoms. The van der Waals surface area contributed by atoms with Gasteiger partial charge < -0.3 is 5.11 Å². The van der Waals surface area contributed by atoms with Crippen molar-refractivity contribution in [1.82, 2.24) is 14.8 Å². The van der Waals surface area contributed by atoms with Crippen molar-refractivity contribution in [3.8, 4) is 16.8 Å². The number of carbonyl (C=O) groups is 1. The monoisotopic (exact) mass is 279 g/mol. The zero-order valence-corrected chi connectivity index (χ0v) is 11.4. The van der Waals surface area contributed by atoms with E-state index in [9.17, 15) is 4.79 Å². The normalized spacial score (nSPS) is 10.5. The van der Waals surface area contributed by atoms with Gasteiger partial charge >= 0.3 is 5.97 Å². The van der Waals surface area contributed by atoms with Crippen molar-refractivity contribution in [3.05, 3.63) is 66.2 Å². The molecule has 0 atom stereocenters. The van der Waals surface area contributed by atoms with Crippen LogP contribution in [0.1, 0.15) is 15.9 Å². The summed E-state index contributed by atoms with van der Waals surface area (Å²) in [4.78, 5) is 14.9. The molecule has 0 aliphatic rings. The number of nitrogens with zero attached hydrogens (tertiary/aromatic N) is 3. The molecule has 0 amide bonds. The molecule has 0 saturated carbocycles. The van der Waals surface area contributed by atoms with Crippen LogP contribution in [0.15, 0.2) is 55.1 Å². The van der Waals surface area contributed by atoms with E-state index in [1.807, 2.05) is 37.3 Å². The number of aromatic nitrogens is 3. The summed E-state index contributed by atoms with van der Waals surface area (Å²) in [5.74, 6) is -0.911. The van der Waals surface area contributed by atoms with E-state index in [1.54, 1.807) is 23.1 Å². The predicted octanol–water partition coefficient (Wildman–Crippen LogP) is 2.94. The van der Waals surface area contributed by atoms with Gasteiger partial charge in [-0.3, -0.25) is 0 Å². The molecule has 0 unspecified atom stereocenters. The van der Waals surface area contributed by atoms with Gasteiger partial charge in [-0.05, 0) is 47.9 Å². The van der Waals surface area contributed by atoms with E-state index in [1.165, 1.54) is 6.33 Å². The number of aryl methyl sites for hydroxylation is 1. The minimum Gasteiger partial charge on any atom is -0.478 e. The zero-order valence-electron chi connectivity index (χ0n) is 11.4. The summed E-state index contributed by atoms with van der Waals surface area (Å²) in [5.41, 5.74) is 4.22. The van der Waals surface area contributed by atoms with Gasteiger partial charge in [-0.25, -0.2) is 14.5 Å². The highest BCUT2D eigenvalue weighted by atomic mass is 16.4. The number of carboxylic acids is 1. The molecule has 1 aromatic heterocycles. The molecular formula is C16H13N3O2. The lowest BCUT2D eigenvalue weighted by Crippen LogP contribution is -1.97. The second-order valence-electron chi connectivity index (χ2n) is 4.72. The van der Waals surface area contributed by atoms with Crippen molar-refractivity contribution < 1.29 is 9.90 Å². The Hall–Kier alpha value is -2.95. The molecule has 2 aromatic carbocycles. The number of hydrogen-bond donors (Lipinski definition) is 1. The van der Waals surface area contributed by atoms with E-state index in [-0.39, 0.29) is 0 Å². The molecule has 0 spiro atoms. The van der Waals surface area contributed by atoms with Crippen LogP contribution in [0.5, 0.6) is 0 Å². The highest BCUT2D eigenvalue weighted by Crippen LogP contribution is 2.25. The SMILES string of the molecule is Cc1cc(C(=O)O)ccc1-c1ccc(-n2cncn2)cc1. The Labute approximate surface area is 121 Å². The lowest BCUT2D eigenvalue weighted by molar-refractivity contribution is 0.0697. The largest absolute Gasteiger partial charge is 0.478 e. The van der Waals surface area contributed by atoms with Crippen molar-refractivity contribution in [2.75, 3.05) is 0 Å². The third-order valence-electron chi connectivity index (χ3n) is 3.33. The lowest BCUT2D eigenvalue weighted by atomic mass is 9.98. The molecule has 21 heavy (non-hydrogen) atoms. The topological polar surface area (TPSA) is 68.0 Å². The number of benzene rings is 2. The Morgan fingerprint density at radius 3 is 2.48 bits per heavy atom. The van der Waals surface area contributed by atoms with E-state index in [0.717, 1.165) is 22.4 Å². The molecule has 0 saturated heterocycles. The Kier molecular flexibility index (Phi) is 3.23. The molecular weight excluding hydrogens is 266 g/mol. The number of rotatable bonds is 3. The highest BCUT2D eigenvalue weighted by molar-refractivity contribution is 5.89. The summed E-state index contributed by atoms with van der Waals surface area (Å²) in [6.45, 7) is 1.91. The maximum absolute atomic E-state index is 11.0. The molecule has 1 heterocycles. The second-order valence-corrected chi connectivity index (χ2v) is 4.72. The molecule has 0 bridgehead atoms. The van der Waals surface area contributed by atoms with Crippen LogP contribution in [0.3, 0.4) is 0 Å². The van der Waals surface area contributed by atoms with E-state index in [0.29, 0.717) is 5.56 Å². The predicted molar refractivity (Wildman–Crippen MR) is 78.5 cm³/mol. The fourth-order valence-corrected chi connectivity index (χ4v) is 2.26. The average Bonchev–Trinajstić information content (AvgIpc) is 3.01. The van der Waals surface area contributed by atoms with Crippen molar-refractivity contribution >= 4 is 5.97 Å². The van der Waals surface area contributed by atoms with E-state index in [2.05, 4.69) is 10.1 Å². The Bertz CT molecular complexity index is 778. The molecule has 104 valence electrons. The molecule has 0 radical (unpaired) electrons. The van der Waals surface area contributed by atoms with Gasteiger partial charge in [0.2, 0.25) is 0 Å². The summed E-state index contributed by atoms with van der Waals surface area (Å²) >= 11 is 0. The van der Waals surface area contributed by atoms with Crippen LogP contribution in [0.2, 0.25) is 0 Å². The minimum atomic E-state index is -0.911. The first kappa shape index (κ1) is 13.1. The van der Waals surface area contributed by atoms with Crippen LogP contribution in [0, 0.1) is 6.92 Å². The van der Waals surface area contributed by atoms with Gasteiger partial charge in [0, 0.05) is 0 Å². The Morgan fingerprint density at radius 2 is 1.90 bits per heavy atom. The summed E-state index contributed by atoms with van der Waals surface area (Å²) in [6.07, 6.45) is 3.13. The standard InChI is InChI=1S/C16H13N3O2/c1-11-8-13(16(20)21)4-7-15(11)12-2-5-14(6-3-12)19-10-17-9-18-19/h2-10H,1H3,(H,20,21). The van der Waals surface area contributed by atoms with Crippen LogP contribution < -0.4 is 0 Å². The lowest BCUT2D eigenvalue weighted by Gasteiger charge is -2.08. The quantitative estimate of drug-likeness (QED) is 0.800. The van der Waals surface area contributed by atoms with E-state index in [4.69, 9.17) is 5.11 Å². The van der Waals surface area contributed by atoms with E-state index < -0.39 is 5.97 Å². The van der Waals surface area contributed by atoms with Crippen LogP contribution in [0.4, 0.5) is 0 Å². The van der Waals surface area contributed by atoms with Gasteiger partial charge in [-0.15, -0.1) is 0 Å². The first-order valence-corrected chi connectivity index (χ1v) is 6.44. The van der Waals surface area contributed by atoms with Crippen LogP contribution in [-0.4, -0.2) is 25.8 Å². The zero-order chi connectivity index (χ0) is 14.8. The summed E-state index contributed by atoms with van der Waals surface area (Å²) < 4.78 is 1.68. The van der Waals surface area contributed by atoms with Crippen molar-refractivity contribution in [2.24, 2.45) is 0 Å². The molecule has 3 aromatic rings. The van der Waals surface area contributed by atoms with Gasteiger partial charge in [0.25, 0.3) is 0 Å². The second kappa shape index (κ2) is 5.20. The van der Waals surface area contributed by atoms with Gasteiger partial charge in [-0.1, -0.05) is 18.2 Å². The highest BCUT2D eigenvalue weighted by Gasteiger charge is 2.07. The van der Waals surface area contributed by atoms with Gasteiger partial charge in [0.1, 0.15) is 12.7 Å². The Balaban J connectivity index is 1.96. The molecule has 0 aliphatic carbocycles. The van der Waals surface area contributed by atoms with Gasteiger partial charge in [0.15, 0.2) is 0 Å². The first-order valence-electron chi connectivity index (χ1n) is 6.44. The van der Waals surface area contributed by atoms with E-state index >= 15 is 0 Å². The number of aromatic carboxylic acids is 1. The van der Waals surface area contributed by atoms with Crippen LogP contribution in [-0.2, 0) is 0 Å². The average molecular weight is 279 g/mol. The summed E-state index contributed by atoms with van der Waals surface area (Å²) in [6, 6.07) is 13.0. The van der Waals surface area contributed by atoms with Crippen molar-refractivity contribution in [1.29, 1.82) is 0 Å². The third-order valence-corrected chi connectivity index (χ3v) is 3.33. The number of hydrogen-bond acceptors (Lipinski definition) is 3. The van der Waals surface area contributed by atoms with Gasteiger partial charge in [-0.2, -0.15) is 5.10 Å². The molecule has 0 aliphatic heterocycles. The Morgan fingerprint density at radius 1 is 1.14 bits per heavy atom. The number of carboxylic acid groups (broad SMARTS) is 1. The third kappa shape index (κ3) is 2.53. The first-order chi connectivity index (χ1) is 10.1. The van der Waals surface area contributed by atoms with Crippen LogP contribution in [0.25, 0.3) is 16.8 Å². The van der Waals surface area contributed by atoms with Crippen molar-refractivity contribution in [3.63, 3.8) is 0 Å². The smallest absolute Gasteiger partial charge is 0.335 e. The minimum absolute atomic E-state index is 0.301. The summed E-state index contributed by atoms with van der Waals surface area (Å²) in [7, 11) is 0. The fraction of sp³-hybridized carbons (Fsp3) is 0.0625. The summed E-state index contributed by atoms with van der Waals surface area (Å²) in [5, 5.41) is 13.1. The van der Waals surface area contributed by atoms with Crippen LogP contribution >= 0.6 is 0 Å². The van der Waals surface area contributed by atoms with Crippen molar-refractivity contribution in [2.45, 2.75) is 6.92 Å². The molecule has 5 nitrogen and oxygen atoms in total. The molecule has 1 N–H and O–H groups in total. The van der Waals surface area contributed by atoms with Gasteiger partial charge in [0.05, 0.1) is 11.3 Å². The fourth-order valence-electron chi connectivity index (χ4n) is 2.26. The molecule has 3 rings (SSSR count). The maximum Gasteiger partial charge on any atom is 0.335 e. The maximum atomic E-state index is 11.0.